The van der Waals surface area contributed by atoms with Crippen molar-refractivity contribution >= 4 is 39.1 Å². The van der Waals surface area contributed by atoms with E-state index in [9.17, 15) is 17.6 Å². The van der Waals surface area contributed by atoms with Crippen molar-refractivity contribution in [1.29, 1.82) is 0 Å². The van der Waals surface area contributed by atoms with E-state index in [-0.39, 0.29) is 33.8 Å². The smallest absolute Gasteiger partial charge is 0.267 e. The van der Waals surface area contributed by atoms with Crippen LogP contribution in [0.2, 0.25) is 10.0 Å². The topological polar surface area (TPSA) is 94.6 Å². The first-order valence-electron chi connectivity index (χ1n) is 8.22. The second-order valence-electron chi connectivity index (χ2n) is 5.88. The second kappa shape index (κ2) is 8.93. The molecule has 0 aliphatic carbocycles. The molecule has 1 N–H and O–H groups in total. The third-order valence-electron chi connectivity index (χ3n) is 3.14. The molecule has 152 valence electrons. The predicted octanol–water partition coefficient (Wildman–Crippen LogP) is 3.58. The van der Waals surface area contributed by atoms with E-state index in [1.807, 2.05) is 0 Å². The molecular weight excluding hydrogens is 434 g/mol. The summed E-state index contributed by atoms with van der Waals surface area (Å²) in [7, 11) is -3.85. The summed E-state index contributed by atoms with van der Waals surface area (Å²) in [5.41, 5.74) is -0.308. The number of rotatable bonds is 7. The van der Waals surface area contributed by atoms with Gasteiger partial charge in [0.25, 0.3) is 5.91 Å². The lowest BCUT2D eigenvalue weighted by atomic mass is 10.1. The molecular formula is C17H17Cl2FN2O5S. The molecule has 0 spiro atoms. The number of hydrogen-bond donors (Lipinski definition) is 1. The van der Waals surface area contributed by atoms with E-state index in [1.54, 1.807) is 4.72 Å². The van der Waals surface area contributed by atoms with Crippen LogP contribution in [0.25, 0.3) is 0 Å². The van der Waals surface area contributed by atoms with Crippen LogP contribution in [0.3, 0.4) is 0 Å². The van der Waals surface area contributed by atoms with Crippen molar-refractivity contribution in [3.63, 3.8) is 0 Å². The molecule has 2 aromatic rings. The summed E-state index contributed by atoms with van der Waals surface area (Å²) in [5, 5.41) is 0.118. The zero-order chi connectivity index (χ0) is 22.0. The van der Waals surface area contributed by atoms with Gasteiger partial charge in [0, 0.05) is 16.7 Å². The lowest BCUT2D eigenvalue weighted by Gasteiger charge is -2.13. The van der Waals surface area contributed by atoms with Gasteiger partial charge >= 0.3 is 0 Å². The minimum Gasteiger partial charge on any atom is -0.487 e. The molecule has 0 fully saturated rings. The Labute approximate surface area is 173 Å². The van der Waals surface area contributed by atoms with Gasteiger partial charge < -0.3 is 9.47 Å². The van der Waals surface area contributed by atoms with E-state index >= 15 is 0 Å². The average molecular weight is 452 g/mol. The number of benzene rings is 1. The molecule has 0 atom stereocenters. The maximum Gasteiger partial charge on any atom is 0.267 e. The van der Waals surface area contributed by atoms with Crippen LogP contribution in [0.1, 0.15) is 31.1 Å². The molecule has 0 saturated heterocycles. The summed E-state index contributed by atoms with van der Waals surface area (Å²) in [4.78, 5) is 15.8. The fourth-order valence-electron chi connectivity index (χ4n) is 2.01. The number of carbonyl (C=O) groups excluding carboxylic acids is 1. The molecule has 1 aromatic heterocycles. The van der Waals surface area contributed by atoms with Crippen LogP contribution in [-0.2, 0) is 16.6 Å². The summed E-state index contributed by atoms with van der Waals surface area (Å²) < 4.78 is 56.6. The largest absolute Gasteiger partial charge is 0.487 e. The highest BCUT2D eigenvalue weighted by atomic mass is 35.5. The molecule has 0 radical (unpaired) electrons. The molecule has 0 bridgehead atoms. The Bertz CT molecular complexity index is 1040. The molecule has 2 rings (SSSR count). The van der Waals surface area contributed by atoms with Gasteiger partial charge in [0.2, 0.25) is 15.9 Å². The van der Waals surface area contributed by atoms with Crippen LogP contribution < -0.4 is 14.2 Å². The Hall–Kier alpha value is -2.10. The molecule has 0 saturated carbocycles. The van der Waals surface area contributed by atoms with Crippen LogP contribution in [0.4, 0.5) is 4.39 Å². The van der Waals surface area contributed by atoms with Crippen molar-refractivity contribution in [2.75, 3.05) is 6.26 Å². The molecule has 1 heterocycles. The highest BCUT2D eigenvalue weighted by Gasteiger charge is 2.18. The van der Waals surface area contributed by atoms with Gasteiger partial charge in [0.05, 0.1) is 25.5 Å². The Morgan fingerprint density at radius 1 is 1.32 bits per heavy atom. The SMILES string of the molecule is [2H]C(C)(C)Oc1ncc(OCc2cc(F)c(C(=O)NS(C)(=O)=O)cc2Cl)cc1Cl. The van der Waals surface area contributed by atoms with Crippen molar-refractivity contribution in [2.45, 2.75) is 26.5 Å². The van der Waals surface area contributed by atoms with Gasteiger partial charge in [-0.15, -0.1) is 0 Å². The van der Waals surface area contributed by atoms with Gasteiger partial charge in [-0.1, -0.05) is 23.2 Å². The Morgan fingerprint density at radius 2 is 2.00 bits per heavy atom. The monoisotopic (exact) mass is 451 g/mol. The summed E-state index contributed by atoms with van der Waals surface area (Å²) in [6.07, 6.45) is 0.855. The lowest BCUT2D eigenvalue weighted by molar-refractivity contribution is 0.0977. The van der Waals surface area contributed by atoms with Crippen LogP contribution in [0, 0.1) is 5.82 Å². The number of ether oxygens (including phenoxy) is 2. The Balaban J connectivity index is 2.14. The molecule has 11 heteroatoms. The van der Waals surface area contributed by atoms with E-state index in [2.05, 4.69) is 4.98 Å². The normalized spacial score (nSPS) is 12.3. The highest BCUT2D eigenvalue weighted by molar-refractivity contribution is 7.89. The minimum absolute atomic E-state index is 0.0000151. The van der Waals surface area contributed by atoms with Crippen LogP contribution >= 0.6 is 23.2 Å². The quantitative estimate of drug-likeness (QED) is 0.690. The van der Waals surface area contributed by atoms with Gasteiger partial charge in [-0.3, -0.25) is 4.79 Å². The number of amides is 1. The maximum atomic E-state index is 14.2. The number of aromatic nitrogens is 1. The van der Waals surface area contributed by atoms with Gasteiger partial charge in [-0.05, 0) is 26.0 Å². The van der Waals surface area contributed by atoms with E-state index in [4.69, 9.17) is 34.0 Å². The minimum atomic E-state index is -3.85. The molecule has 7 nitrogen and oxygen atoms in total. The number of nitrogens with one attached hydrogen (secondary N) is 1. The van der Waals surface area contributed by atoms with Gasteiger partial charge in [-0.2, -0.15) is 0 Å². The number of pyridine rings is 1. The Morgan fingerprint density at radius 3 is 2.57 bits per heavy atom. The van der Waals surface area contributed by atoms with Crippen molar-refractivity contribution in [2.24, 2.45) is 0 Å². The van der Waals surface area contributed by atoms with Gasteiger partial charge in [0.1, 0.15) is 23.2 Å². The summed E-state index contributed by atoms with van der Waals surface area (Å²) in [6, 6.07) is 3.39. The number of carbonyl (C=O) groups is 1. The fourth-order valence-corrected chi connectivity index (χ4v) is 2.87. The molecule has 0 aliphatic heterocycles. The van der Waals surface area contributed by atoms with Gasteiger partial charge in [-0.25, -0.2) is 22.5 Å². The first-order valence-corrected chi connectivity index (χ1v) is 10.4. The first kappa shape index (κ1) is 20.6. The highest BCUT2D eigenvalue weighted by Crippen LogP contribution is 2.28. The fraction of sp³-hybridized carbons (Fsp3) is 0.294. The van der Waals surface area contributed by atoms with E-state index in [0.29, 0.717) is 0 Å². The standard InChI is InChI=1S/C17H17Cl2FN2O5S/c1-9(2)27-17-14(19)5-11(7-21-17)26-8-10-4-15(20)12(6-13(10)18)16(23)22-28(3,24)25/h4-7,9H,8H2,1-3H3,(H,22,23)/i9D. The summed E-state index contributed by atoms with van der Waals surface area (Å²) in [5.74, 6) is -1.81. The van der Waals surface area contributed by atoms with Crippen molar-refractivity contribution in [3.8, 4) is 11.6 Å². The van der Waals surface area contributed by atoms with Crippen molar-refractivity contribution < 1.29 is 28.4 Å². The van der Waals surface area contributed by atoms with E-state index in [0.717, 1.165) is 18.4 Å². The second-order valence-corrected chi connectivity index (χ2v) is 8.45. The van der Waals surface area contributed by atoms with Crippen LogP contribution in [0.5, 0.6) is 11.6 Å². The van der Waals surface area contributed by atoms with Crippen molar-refractivity contribution in [3.05, 3.63) is 51.4 Å². The summed E-state index contributed by atoms with van der Waals surface area (Å²) in [6.45, 7) is 2.86. The molecule has 0 unspecified atom stereocenters. The van der Waals surface area contributed by atoms with Crippen LogP contribution in [-0.4, -0.2) is 31.6 Å². The zero-order valence-electron chi connectivity index (χ0n) is 16.0. The predicted molar refractivity (Wildman–Crippen MR) is 103 cm³/mol. The van der Waals surface area contributed by atoms with E-state index < -0.39 is 33.4 Å². The average Bonchev–Trinajstić information content (AvgIpc) is 2.54. The zero-order valence-corrected chi connectivity index (χ0v) is 17.4. The van der Waals surface area contributed by atoms with Gasteiger partial charge in [0.15, 0.2) is 0 Å². The molecule has 1 amide bonds. The lowest BCUT2D eigenvalue weighted by Crippen LogP contribution is -2.30. The molecule has 1 aromatic carbocycles. The number of nitrogens with zero attached hydrogens (tertiary/aromatic N) is 1. The first-order chi connectivity index (χ1) is 13.2. The van der Waals surface area contributed by atoms with E-state index in [1.165, 1.54) is 26.1 Å². The maximum absolute atomic E-state index is 14.2. The van der Waals surface area contributed by atoms with Crippen molar-refractivity contribution in [1.82, 2.24) is 9.71 Å². The number of sulfonamides is 1. The third kappa shape index (κ3) is 6.22. The summed E-state index contributed by atoms with van der Waals surface area (Å²) >= 11 is 12.1. The Kier molecular flexibility index (Phi) is 6.58. The van der Waals surface area contributed by atoms with Crippen LogP contribution in [0.15, 0.2) is 24.4 Å². The molecule has 28 heavy (non-hydrogen) atoms. The number of hydrogen-bond acceptors (Lipinski definition) is 6. The third-order valence-corrected chi connectivity index (χ3v) is 4.32. The number of halogens is 3. The molecule has 0 aliphatic rings.